The Morgan fingerprint density at radius 1 is 0.975 bits per heavy atom. The van der Waals surface area contributed by atoms with Crippen molar-refractivity contribution >= 4 is 23.8 Å². The van der Waals surface area contributed by atoms with E-state index in [2.05, 4.69) is 25.9 Å². The first-order chi connectivity index (χ1) is 19.1. The topological polar surface area (TPSA) is 233 Å². The maximum atomic E-state index is 12.8. The van der Waals surface area contributed by atoms with Gasteiger partial charge in [0.2, 0.25) is 11.8 Å². The Kier molecular flexibility index (Phi) is 11.0. The van der Waals surface area contributed by atoms with Gasteiger partial charge in [-0.15, -0.1) is 5.10 Å². The number of imidazole rings is 1. The first kappa shape index (κ1) is 30.1. The number of carboxylic acids is 2. The van der Waals surface area contributed by atoms with E-state index < -0.39 is 42.5 Å². The number of nitrogens with zero attached hydrogens (tertiary/aromatic N) is 5. The van der Waals surface area contributed by atoms with Crippen molar-refractivity contribution in [3.05, 3.63) is 66.0 Å². The minimum Gasteiger partial charge on any atom is -0.480 e. The van der Waals surface area contributed by atoms with Crippen molar-refractivity contribution in [2.24, 2.45) is 11.5 Å². The lowest BCUT2D eigenvalue weighted by molar-refractivity contribution is -0.139. The van der Waals surface area contributed by atoms with Crippen molar-refractivity contribution in [3.63, 3.8) is 0 Å². The second-order valence-electron chi connectivity index (χ2n) is 9.22. The summed E-state index contributed by atoms with van der Waals surface area (Å²) >= 11 is 0. The van der Waals surface area contributed by atoms with Crippen LogP contribution in [0.4, 0.5) is 0 Å². The Labute approximate surface area is 229 Å². The predicted molar refractivity (Wildman–Crippen MR) is 141 cm³/mol. The van der Waals surface area contributed by atoms with Crippen LogP contribution in [-0.2, 0) is 40.3 Å². The van der Waals surface area contributed by atoms with Gasteiger partial charge in [0, 0.05) is 38.3 Å². The van der Waals surface area contributed by atoms with Crippen LogP contribution in [-0.4, -0.2) is 83.2 Å². The number of hydrogen-bond donors (Lipinski definition) is 6. The van der Waals surface area contributed by atoms with E-state index in [1.165, 1.54) is 21.8 Å². The molecule has 8 N–H and O–H groups in total. The van der Waals surface area contributed by atoms with Crippen LogP contribution >= 0.6 is 0 Å². The van der Waals surface area contributed by atoms with E-state index in [0.717, 1.165) is 5.56 Å². The third-order valence-electron chi connectivity index (χ3n) is 5.98. The van der Waals surface area contributed by atoms with Crippen LogP contribution in [0.5, 0.6) is 0 Å². The van der Waals surface area contributed by atoms with Crippen LogP contribution in [0, 0.1) is 0 Å². The van der Waals surface area contributed by atoms with Crippen molar-refractivity contribution < 1.29 is 29.4 Å². The molecule has 0 aliphatic carbocycles. The van der Waals surface area contributed by atoms with E-state index >= 15 is 0 Å². The summed E-state index contributed by atoms with van der Waals surface area (Å²) in [5.41, 5.74) is 13.5. The fourth-order valence-corrected chi connectivity index (χ4v) is 3.82. The van der Waals surface area contributed by atoms with Crippen molar-refractivity contribution in [1.29, 1.82) is 0 Å². The number of carbonyl (C=O) groups is 4. The number of carbonyl (C=O) groups excluding carboxylic acids is 2. The number of carboxylic acid groups (broad SMARTS) is 2. The van der Waals surface area contributed by atoms with Gasteiger partial charge in [-0.3, -0.25) is 28.4 Å². The number of hydrogen-bond acceptors (Lipinski definition) is 10. The Hall–Kier alpha value is -4.47. The van der Waals surface area contributed by atoms with Gasteiger partial charge in [-0.05, 0) is 18.4 Å². The largest absolute Gasteiger partial charge is 0.480 e. The normalized spacial score (nSPS) is 13.3. The lowest BCUT2D eigenvalue weighted by atomic mass is 10.1. The zero-order valence-corrected chi connectivity index (χ0v) is 21.7. The third kappa shape index (κ3) is 9.37. The smallest absolute Gasteiger partial charge is 0.322 e. The fraction of sp³-hybridized carbons (Fsp3) is 0.400. The molecule has 0 saturated carbocycles. The lowest BCUT2D eigenvalue weighted by Gasteiger charge is -2.17. The average molecular weight is 556 g/mol. The third-order valence-corrected chi connectivity index (χ3v) is 5.98. The molecule has 15 nitrogen and oxygen atoms in total. The Bertz CT molecular complexity index is 1290. The Morgan fingerprint density at radius 2 is 1.73 bits per heavy atom. The van der Waals surface area contributed by atoms with Crippen LogP contribution in [0.3, 0.4) is 0 Å². The first-order valence-corrected chi connectivity index (χ1v) is 12.6. The van der Waals surface area contributed by atoms with Crippen LogP contribution < -0.4 is 22.1 Å². The molecule has 214 valence electrons. The molecule has 0 saturated heterocycles. The van der Waals surface area contributed by atoms with Crippen molar-refractivity contribution in [3.8, 4) is 0 Å². The van der Waals surface area contributed by atoms with Crippen LogP contribution in [0.15, 0.2) is 49.1 Å². The maximum absolute atomic E-state index is 12.8. The molecule has 15 heteroatoms. The molecule has 3 atom stereocenters. The summed E-state index contributed by atoms with van der Waals surface area (Å²) in [6.45, 7) is 0.276. The zero-order valence-electron chi connectivity index (χ0n) is 21.7. The van der Waals surface area contributed by atoms with Gasteiger partial charge in [0.15, 0.2) is 0 Å². The summed E-state index contributed by atoms with van der Waals surface area (Å²) in [5.74, 6) is -3.17. The van der Waals surface area contributed by atoms with E-state index in [0.29, 0.717) is 37.3 Å². The number of nitrogens with one attached hydrogen (secondary N) is 2. The molecular weight excluding hydrogens is 522 g/mol. The molecule has 0 radical (unpaired) electrons. The van der Waals surface area contributed by atoms with Crippen molar-refractivity contribution in [2.75, 3.05) is 6.54 Å². The van der Waals surface area contributed by atoms with Crippen LogP contribution in [0.25, 0.3) is 0 Å². The second-order valence-corrected chi connectivity index (χ2v) is 9.22. The first-order valence-electron chi connectivity index (χ1n) is 12.6. The van der Waals surface area contributed by atoms with Gasteiger partial charge in [0.1, 0.15) is 18.9 Å². The average Bonchev–Trinajstić information content (AvgIpc) is 3.59. The quantitative estimate of drug-likeness (QED) is 0.122. The van der Waals surface area contributed by atoms with E-state index in [9.17, 15) is 19.2 Å². The van der Waals surface area contributed by atoms with E-state index in [-0.39, 0.29) is 18.7 Å². The molecule has 1 aromatic carbocycles. The molecule has 40 heavy (non-hydrogen) atoms. The number of amides is 1. The summed E-state index contributed by atoms with van der Waals surface area (Å²) in [7, 11) is 0. The van der Waals surface area contributed by atoms with Gasteiger partial charge in [-0.2, -0.15) is 0 Å². The molecule has 2 aromatic heterocycles. The van der Waals surface area contributed by atoms with E-state index in [1.807, 2.05) is 30.3 Å². The molecule has 0 bridgehead atoms. The van der Waals surface area contributed by atoms with Gasteiger partial charge in [0.25, 0.3) is 0 Å². The van der Waals surface area contributed by atoms with Crippen LogP contribution in [0.1, 0.15) is 34.6 Å². The number of nitrogens with two attached hydrogens (primary N) is 2. The number of rotatable bonds is 16. The summed E-state index contributed by atoms with van der Waals surface area (Å²) in [5, 5.41) is 31.1. The lowest BCUT2D eigenvalue weighted by Crippen LogP contribution is -2.46. The maximum Gasteiger partial charge on any atom is 0.322 e. The molecule has 3 rings (SSSR count). The van der Waals surface area contributed by atoms with E-state index in [1.54, 1.807) is 6.20 Å². The van der Waals surface area contributed by atoms with Gasteiger partial charge in [-0.25, -0.2) is 4.98 Å². The van der Waals surface area contributed by atoms with Gasteiger partial charge < -0.3 is 32.3 Å². The van der Waals surface area contributed by atoms with Crippen LogP contribution in [0.2, 0.25) is 0 Å². The minimum absolute atomic E-state index is 0.0557. The molecule has 2 heterocycles. The summed E-state index contributed by atoms with van der Waals surface area (Å²) in [6, 6.07) is 6.73. The number of aromatic nitrogens is 5. The molecular formula is C25H33N9O6. The monoisotopic (exact) mass is 555 g/mol. The Morgan fingerprint density at radius 3 is 2.42 bits per heavy atom. The van der Waals surface area contributed by atoms with Crippen molar-refractivity contribution in [2.45, 2.75) is 56.9 Å². The molecule has 3 aromatic rings. The number of aryl methyl sites for hydroxylation is 1. The summed E-state index contributed by atoms with van der Waals surface area (Å²) in [6.07, 6.45) is 5.46. The fourth-order valence-electron chi connectivity index (χ4n) is 3.82. The zero-order chi connectivity index (χ0) is 29.1. The standard InChI is InChI=1S/C25H33N9O6/c26-19(7-4-8-34-14-18(31-32-34)9-20(27)25(39)40)24(38)33-13-17(30-15-33)10-21(23(37)29-12-22(35)36)28-11-16-5-2-1-3-6-16/h1-3,5-6,13-15,19-21,28H,4,7-12,26-27H2,(H,29,37)(H,35,36)(H,39,40)/t19?,20?,21-/m0/s1. The highest BCUT2D eigenvalue weighted by Crippen LogP contribution is 2.08. The minimum atomic E-state index is -1.16. The highest BCUT2D eigenvalue weighted by Gasteiger charge is 2.22. The molecule has 0 spiro atoms. The van der Waals surface area contributed by atoms with Gasteiger partial charge in [-0.1, -0.05) is 35.5 Å². The molecule has 2 unspecified atom stereocenters. The highest BCUT2D eigenvalue weighted by molar-refractivity contribution is 5.86. The van der Waals surface area contributed by atoms with Gasteiger partial charge in [0.05, 0.1) is 23.5 Å². The van der Waals surface area contributed by atoms with Crippen molar-refractivity contribution in [1.82, 2.24) is 35.2 Å². The second kappa shape index (κ2) is 14.6. The molecule has 0 aliphatic rings. The molecule has 1 amide bonds. The summed E-state index contributed by atoms with van der Waals surface area (Å²) < 4.78 is 2.80. The predicted octanol–water partition coefficient (Wildman–Crippen LogP) is -1.22. The molecule has 0 aliphatic heterocycles. The van der Waals surface area contributed by atoms with Gasteiger partial charge >= 0.3 is 11.9 Å². The highest BCUT2D eigenvalue weighted by atomic mass is 16.4. The number of aliphatic carboxylic acids is 2. The summed E-state index contributed by atoms with van der Waals surface area (Å²) in [4.78, 5) is 51.5. The SMILES string of the molecule is NC(Cc1cn(CCCC(N)C(=O)n2cnc(C[C@H](NCc3ccccc3)C(=O)NCC(=O)O)c2)nn1)C(=O)O. The molecule has 0 fully saturated rings. The number of benzene rings is 1. The van der Waals surface area contributed by atoms with E-state index in [4.69, 9.17) is 21.7 Å². The Balaban J connectivity index is 1.53.